The summed E-state index contributed by atoms with van der Waals surface area (Å²) >= 11 is 0. The minimum Gasteiger partial charge on any atom is -0.305 e. The number of sulfonamides is 1. The third-order valence-corrected chi connectivity index (χ3v) is 7.67. The summed E-state index contributed by atoms with van der Waals surface area (Å²) in [5.41, 5.74) is 4.93. The molecule has 1 aliphatic rings. The van der Waals surface area contributed by atoms with Gasteiger partial charge in [0.1, 0.15) is 0 Å². The highest BCUT2D eigenvalue weighted by atomic mass is 32.2. The Morgan fingerprint density at radius 1 is 1.00 bits per heavy atom. The number of rotatable bonds is 4. The second-order valence-corrected chi connectivity index (χ2v) is 10.1. The van der Waals surface area contributed by atoms with E-state index in [4.69, 9.17) is 0 Å². The molecule has 0 fully saturated rings. The summed E-state index contributed by atoms with van der Waals surface area (Å²) in [4.78, 5) is 15.4. The number of carbonyl (C=O) groups is 1. The van der Waals surface area contributed by atoms with Crippen LogP contribution in [0.4, 0.5) is 11.4 Å². The summed E-state index contributed by atoms with van der Waals surface area (Å²) in [6, 6.07) is 20.0. The lowest BCUT2D eigenvalue weighted by atomic mass is 10.1. The maximum Gasteiger partial charge on any atom is 0.264 e. The molecule has 0 bridgehead atoms. The summed E-state index contributed by atoms with van der Waals surface area (Å²) in [7, 11) is -2.15. The molecular weight excluding hydrogens is 408 g/mol. The Balaban J connectivity index is 1.64. The van der Waals surface area contributed by atoms with Crippen LogP contribution in [0.3, 0.4) is 0 Å². The second kappa shape index (κ2) is 7.85. The van der Waals surface area contributed by atoms with Gasteiger partial charge in [0.25, 0.3) is 15.9 Å². The van der Waals surface area contributed by atoms with Crippen molar-refractivity contribution in [2.45, 2.75) is 38.1 Å². The number of anilines is 2. The van der Waals surface area contributed by atoms with Gasteiger partial charge in [-0.05, 0) is 74.7 Å². The van der Waals surface area contributed by atoms with Crippen molar-refractivity contribution in [2.24, 2.45) is 0 Å². The highest BCUT2D eigenvalue weighted by Gasteiger charge is 2.31. The number of hydrogen-bond acceptors (Lipinski definition) is 3. The summed E-state index contributed by atoms with van der Waals surface area (Å²) in [5.74, 6) is -0.0730. The van der Waals surface area contributed by atoms with Crippen LogP contribution in [0.25, 0.3) is 0 Å². The van der Waals surface area contributed by atoms with Crippen molar-refractivity contribution in [3.05, 3.63) is 89.0 Å². The molecular formula is C25H26N2O3S. The lowest BCUT2D eigenvalue weighted by Gasteiger charge is -2.25. The van der Waals surface area contributed by atoms with E-state index in [0.29, 0.717) is 11.3 Å². The summed E-state index contributed by atoms with van der Waals surface area (Å²) in [5, 5.41) is 0. The predicted molar refractivity (Wildman–Crippen MR) is 124 cm³/mol. The molecule has 6 heteroatoms. The Morgan fingerprint density at radius 2 is 1.68 bits per heavy atom. The monoisotopic (exact) mass is 434 g/mol. The molecule has 1 aliphatic heterocycles. The number of para-hydroxylation sites is 1. The van der Waals surface area contributed by atoms with Crippen molar-refractivity contribution >= 4 is 27.3 Å². The molecule has 31 heavy (non-hydrogen) atoms. The molecule has 4 rings (SSSR count). The Hall–Kier alpha value is -3.12. The molecule has 1 heterocycles. The van der Waals surface area contributed by atoms with Gasteiger partial charge in [-0.25, -0.2) is 8.42 Å². The first-order chi connectivity index (χ1) is 14.7. The first-order valence-corrected chi connectivity index (χ1v) is 11.7. The molecule has 0 saturated carbocycles. The van der Waals surface area contributed by atoms with Crippen LogP contribution in [-0.4, -0.2) is 27.4 Å². The highest BCUT2D eigenvalue weighted by Crippen LogP contribution is 2.34. The number of nitrogens with zero attached hydrogens (tertiary/aromatic N) is 2. The first kappa shape index (κ1) is 21.1. The first-order valence-electron chi connectivity index (χ1n) is 10.3. The molecule has 5 nitrogen and oxygen atoms in total. The van der Waals surface area contributed by atoms with Crippen LogP contribution in [-0.2, 0) is 16.4 Å². The van der Waals surface area contributed by atoms with E-state index in [1.54, 1.807) is 42.5 Å². The van der Waals surface area contributed by atoms with Gasteiger partial charge in [0.05, 0.1) is 10.6 Å². The van der Waals surface area contributed by atoms with E-state index in [2.05, 4.69) is 6.07 Å². The molecule has 0 aromatic heterocycles. The normalized spacial score (nSPS) is 15.6. The van der Waals surface area contributed by atoms with Gasteiger partial charge in [-0.15, -0.1) is 0 Å². The van der Waals surface area contributed by atoms with Crippen molar-refractivity contribution in [2.75, 3.05) is 16.3 Å². The van der Waals surface area contributed by atoms with Crippen LogP contribution in [0.2, 0.25) is 0 Å². The van der Waals surface area contributed by atoms with Gasteiger partial charge >= 0.3 is 0 Å². The topological polar surface area (TPSA) is 57.7 Å². The van der Waals surface area contributed by atoms with E-state index in [-0.39, 0.29) is 16.8 Å². The SMILES string of the molecule is Cc1ccc(S(=O)(=O)N(C)c2ccc(C(=O)N3c4ccccc4CC3C)cc2C)cc1. The second-order valence-electron chi connectivity index (χ2n) is 8.14. The van der Waals surface area contributed by atoms with E-state index in [9.17, 15) is 13.2 Å². The number of aryl methyl sites for hydroxylation is 2. The molecule has 3 aromatic rings. The maximum atomic E-state index is 13.3. The predicted octanol–water partition coefficient (Wildman–Crippen LogP) is 4.72. The number of fused-ring (bicyclic) bond motifs is 1. The maximum absolute atomic E-state index is 13.3. The molecule has 0 spiro atoms. The minimum atomic E-state index is -3.69. The standard InChI is InChI=1S/C25H26N2O3S/c1-17-9-12-22(13-10-17)31(29,30)26(4)23-14-11-21(15-18(23)2)25(28)27-19(3)16-20-7-5-6-8-24(20)27/h5-15,19H,16H2,1-4H3. The van der Waals surface area contributed by atoms with Crippen LogP contribution in [0.5, 0.6) is 0 Å². The van der Waals surface area contributed by atoms with Crippen molar-refractivity contribution in [3.8, 4) is 0 Å². The molecule has 1 amide bonds. The van der Waals surface area contributed by atoms with Gasteiger partial charge in [-0.2, -0.15) is 0 Å². The van der Waals surface area contributed by atoms with Gasteiger partial charge < -0.3 is 4.90 Å². The number of benzene rings is 3. The van der Waals surface area contributed by atoms with E-state index >= 15 is 0 Å². The van der Waals surface area contributed by atoms with E-state index in [0.717, 1.165) is 23.2 Å². The van der Waals surface area contributed by atoms with E-state index < -0.39 is 10.0 Å². The number of hydrogen-bond donors (Lipinski definition) is 0. The van der Waals surface area contributed by atoms with Crippen molar-refractivity contribution in [3.63, 3.8) is 0 Å². The third kappa shape index (κ3) is 3.72. The Labute approximate surface area is 184 Å². The molecule has 0 aliphatic carbocycles. The average Bonchev–Trinajstić information content (AvgIpc) is 3.08. The van der Waals surface area contributed by atoms with Crippen molar-refractivity contribution in [1.29, 1.82) is 0 Å². The molecule has 1 unspecified atom stereocenters. The summed E-state index contributed by atoms with van der Waals surface area (Å²) < 4.78 is 27.4. The van der Waals surface area contributed by atoms with Crippen LogP contribution in [0, 0.1) is 13.8 Å². The Morgan fingerprint density at radius 3 is 2.35 bits per heavy atom. The molecule has 0 saturated heterocycles. The van der Waals surface area contributed by atoms with Crippen LogP contribution < -0.4 is 9.21 Å². The van der Waals surface area contributed by atoms with Crippen LogP contribution in [0.1, 0.15) is 34.0 Å². The fourth-order valence-corrected chi connectivity index (χ4v) is 5.41. The van der Waals surface area contributed by atoms with Gasteiger partial charge in [-0.1, -0.05) is 35.9 Å². The number of amides is 1. The van der Waals surface area contributed by atoms with Crippen LogP contribution >= 0.6 is 0 Å². The quantitative estimate of drug-likeness (QED) is 0.597. The summed E-state index contributed by atoms with van der Waals surface area (Å²) in [6.45, 7) is 5.79. The Bertz CT molecular complexity index is 1250. The van der Waals surface area contributed by atoms with Gasteiger partial charge in [0.2, 0.25) is 0 Å². The summed E-state index contributed by atoms with van der Waals surface area (Å²) in [6.07, 6.45) is 0.830. The highest BCUT2D eigenvalue weighted by molar-refractivity contribution is 7.92. The molecule has 160 valence electrons. The third-order valence-electron chi connectivity index (χ3n) is 5.89. The minimum absolute atomic E-state index is 0.0730. The van der Waals surface area contributed by atoms with Gasteiger partial charge in [-0.3, -0.25) is 9.10 Å². The van der Waals surface area contributed by atoms with Gasteiger partial charge in [0, 0.05) is 24.3 Å². The molecule has 1 atom stereocenters. The van der Waals surface area contributed by atoms with Crippen LogP contribution in [0.15, 0.2) is 71.6 Å². The molecule has 0 N–H and O–H groups in total. The largest absolute Gasteiger partial charge is 0.305 e. The lowest BCUT2D eigenvalue weighted by molar-refractivity contribution is 0.0981. The fourth-order valence-electron chi connectivity index (χ4n) is 4.15. The zero-order valence-electron chi connectivity index (χ0n) is 18.2. The molecule has 0 radical (unpaired) electrons. The smallest absolute Gasteiger partial charge is 0.264 e. The zero-order chi connectivity index (χ0) is 22.3. The van der Waals surface area contributed by atoms with Crippen molar-refractivity contribution < 1.29 is 13.2 Å². The van der Waals surface area contributed by atoms with E-state index in [1.165, 1.54) is 16.9 Å². The Kier molecular flexibility index (Phi) is 5.35. The molecule has 3 aromatic carbocycles. The van der Waals surface area contributed by atoms with E-state index in [1.807, 2.05) is 43.9 Å². The fraction of sp³-hybridized carbons (Fsp3) is 0.240. The lowest BCUT2D eigenvalue weighted by Crippen LogP contribution is -2.35. The zero-order valence-corrected chi connectivity index (χ0v) is 19.0. The van der Waals surface area contributed by atoms with Crippen molar-refractivity contribution in [1.82, 2.24) is 0 Å². The number of carbonyl (C=O) groups excluding carboxylic acids is 1. The average molecular weight is 435 g/mol. The van der Waals surface area contributed by atoms with Gasteiger partial charge in [0.15, 0.2) is 0 Å².